The molecular formula is C15H17N3O2. The monoisotopic (exact) mass is 271 g/mol. The van der Waals surface area contributed by atoms with E-state index in [1.165, 1.54) is 6.20 Å². The number of carbonyl (C=O) groups excluding carboxylic acids is 1. The summed E-state index contributed by atoms with van der Waals surface area (Å²) in [5, 5.41) is 7.90. The Kier molecular flexibility index (Phi) is 4.08. The first kappa shape index (κ1) is 14.1. The van der Waals surface area contributed by atoms with Gasteiger partial charge in [0.05, 0.1) is 23.7 Å². The van der Waals surface area contributed by atoms with E-state index < -0.39 is 0 Å². The van der Waals surface area contributed by atoms with E-state index in [4.69, 9.17) is 4.74 Å². The molecule has 2 aromatic rings. The van der Waals surface area contributed by atoms with Crippen LogP contribution in [-0.2, 0) is 0 Å². The largest absolute Gasteiger partial charge is 0.489 e. The van der Waals surface area contributed by atoms with Gasteiger partial charge in [0.15, 0.2) is 5.78 Å². The van der Waals surface area contributed by atoms with Crippen molar-refractivity contribution in [3.63, 3.8) is 0 Å². The maximum absolute atomic E-state index is 12.5. The van der Waals surface area contributed by atoms with Crippen LogP contribution in [0.5, 0.6) is 5.75 Å². The van der Waals surface area contributed by atoms with Gasteiger partial charge in [-0.25, -0.2) is 0 Å². The predicted octanol–water partition coefficient (Wildman–Crippen LogP) is 2.51. The first-order valence-electron chi connectivity index (χ1n) is 6.44. The first-order chi connectivity index (χ1) is 9.47. The van der Waals surface area contributed by atoms with E-state index in [2.05, 4.69) is 15.2 Å². The highest BCUT2D eigenvalue weighted by molar-refractivity contribution is 6.09. The summed E-state index contributed by atoms with van der Waals surface area (Å²) in [5.74, 6) is 0.462. The van der Waals surface area contributed by atoms with Crippen LogP contribution in [0.15, 0.2) is 24.5 Å². The summed E-state index contributed by atoms with van der Waals surface area (Å²) < 4.78 is 5.55. The van der Waals surface area contributed by atoms with E-state index in [0.29, 0.717) is 28.3 Å². The van der Waals surface area contributed by atoms with E-state index in [9.17, 15) is 4.79 Å². The van der Waals surface area contributed by atoms with Crippen molar-refractivity contribution in [2.75, 3.05) is 0 Å². The maximum atomic E-state index is 12.5. The average Bonchev–Trinajstić information content (AvgIpc) is 2.40. The third kappa shape index (κ3) is 3.17. The third-order valence-electron chi connectivity index (χ3n) is 2.69. The van der Waals surface area contributed by atoms with Gasteiger partial charge in [-0.1, -0.05) is 0 Å². The first-order valence-corrected chi connectivity index (χ1v) is 6.44. The minimum Gasteiger partial charge on any atom is -0.489 e. The lowest BCUT2D eigenvalue weighted by Gasteiger charge is -2.10. The standard InChI is InChI=1S/C15H17N3O2/c1-9(2)20-13-6-12(7-16-8-13)15(19)14-5-10(3)17-18-11(14)4/h5-9H,1-4H3. The number of nitrogens with zero attached hydrogens (tertiary/aromatic N) is 3. The van der Waals surface area contributed by atoms with Gasteiger partial charge in [0, 0.05) is 17.3 Å². The fourth-order valence-electron chi connectivity index (χ4n) is 1.81. The molecule has 0 radical (unpaired) electrons. The highest BCUT2D eigenvalue weighted by atomic mass is 16.5. The lowest BCUT2D eigenvalue weighted by Crippen LogP contribution is -2.09. The highest BCUT2D eigenvalue weighted by Crippen LogP contribution is 2.17. The van der Waals surface area contributed by atoms with Crippen LogP contribution in [0.1, 0.15) is 41.2 Å². The Hall–Kier alpha value is -2.30. The average molecular weight is 271 g/mol. The number of hydrogen-bond acceptors (Lipinski definition) is 5. The molecule has 0 spiro atoms. The fraction of sp³-hybridized carbons (Fsp3) is 0.333. The van der Waals surface area contributed by atoms with Crippen molar-refractivity contribution in [2.24, 2.45) is 0 Å². The minimum atomic E-state index is -0.123. The van der Waals surface area contributed by atoms with Crippen LogP contribution in [-0.4, -0.2) is 27.1 Å². The topological polar surface area (TPSA) is 65.0 Å². The Morgan fingerprint density at radius 2 is 1.90 bits per heavy atom. The maximum Gasteiger partial charge on any atom is 0.196 e. The SMILES string of the molecule is Cc1cc(C(=O)c2cncc(OC(C)C)c2)c(C)nn1. The van der Waals surface area contributed by atoms with E-state index in [1.54, 1.807) is 32.2 Å². The summed E-state index contributed by atoms with van der Waals surface area (Å²) >= 11 is 0. The number of aryl methyl sites for hydroxylation is 2. The Morgan fingerprint density at radius 1 is 1.15 bits per heavy atom. The molecule has 0 saturated carbocycles. The van der Waals surface area contributed by atoms with Crippen LogP contribution in [0, 0.1) is 13.8 Å². The Morgan fingerprint density at radius 3 is 2.60 bits per heavy atom. The van der Waals surface area contributed by atoms with Gasteiger partial charge in [-0.05, 0) is 39.8 Å². The molecule has 20 heavy (non-hydrogen) atoms. The van der Waals surface area contributed by atoms with E-state index in [0.717, 1.165) is 0 Å². The number of carbonyl (C=O) groups is 1. The number of ether oxygens (including phenoxy) is 1. The molecule has 2 heterocycles. The molecule has 0 amide bonds. The van der Waals surface area contributed by atoms with Crippen molar-refractivity contribution < 1.29 is 9.53 Å². The molecule has 2 aromatic heterocycles. The number of rotatable bonds is 4. The zero-order valence-corrected chi connectivity index (χ0v) is 12.0. The van der Waals surface area contributed by atoms with Crippen LogP contribution >= 0.6 is 0 Å². The van der Waals surface area contributed by atoms with Crippen molar-refractivity contribution >= 4 is 5.78 Å². The van der Waals surface area contributed by atoms with Crippen LogP contribution in [0.4, 0.5) is 0 Å². The van der Waals surface area contributed by atoms with Gasteiger partial charge in [-0.15, -0.1) is 0 Å². The number of aromatic nitrogens is 3. The molecule has 0 atom stereocenters. The number of ketones is 1. The van der Waals surface area contributed by atoms with Gasteiger partial charge in [0.2, 0.25) is 0 Å². The number of hydrogen-bond donors (Lipinski definition) is 0. The predicted molar refractivity (Wildman–Crippen MR) is 74.9 cm³/mol. The Balaban J connectivity index is 2.35. The zero-order valence-electron chi connectivity index (χ0n) is 12.0. The van der Waals surface area contributed by atoms with E-state index in [1.807, 2.05) is 13.8 Å². The van der Waals surface area contributed by atoms with Crippen LogP contribution < -0.4 is 4.74 Å². The zero-order chi connectivity index (χ0) is 14.7. The Bertz CT molecular complexity index is 639. The highest BCUT2D eigenvalue weighted by Gasteiger charge is 2.15. The molecule has 0 aliphatic carbocycles. The van der Waals surface area contributed by atoms with Gasteiger partial charge in [0.25, 0.3) is 0 Å². The minimum absolute atomic E-state index is 0.0359. The van der Waals surface area contributed by atoms with Gasteiger partial charge in [-0.3, -0.25) is 9.78 Å². The van der Waals surface area contributed by atoms with E-state index >= 15 is 0 Å². The molecule has 0 aromatic carbocycles. The molecule has 5 nitrogen and oxygen atoms in total. The molecule has 0 unspecified atom stereocenters. The van der Waals surface area contributed by atoms with Gasteiger partial charge >= 0.3 is 0 Å². The van der Waals surface area contributed by atoms with Crippen LogP contribution in [0.3, 0.4) is 0 Å². The second kappa shape index (κ2) is 5.77. The van der Waals surface area contributed by atoms with Crippen molar-refractivity contribution in [3.05, 3.63) is 47.0 Å². The molecule has 0 saturated heterocycles. The normalized spacial score (nSPS) is 10.7. The molecular weight excluding hydrogens is 254 g/mol. The summed E-state index contributed by atoms with van der Waals surface area (Å²) in [5.41, 5.74) is 2.34. The number of pyridine rings is 1. The van der Waals surface area contributed by atoms with E-state index in [-0.39, 0.29) is 11.9 Å². The second-order valence-electron chi connectivity index (χ2n) is 4.89. The molecule has 0 fully saturated rings. The summed E-state index contributed by atoms with van der Waals surface area (Å²) in [4.78, 5) is 16.5. The van der Waals surface area contributed by atoms with Crippen molar-refractivity contribution in [2.45, 2.75) is 33.8 Å². The molecule has 0 bridgehead atoms. The fourth-order valence-corrected chi connectivity index (χ4v) is 1.81. The summed E-state index contributed by atoms with van der Waals surface area (Å²) in [6.45, 7) is 7.42. The van der Waals surface area contributed by atoms with Crippen molar-refractivity contribution in [3.8, 4) is 5.75 Å². The quantitative estimate of drug-likeness (QED) is 0.799. The molecule has 5 heteroatoms. The Labute approximate surface area is 118 Å². The smallest absolute Gasteiger partial charge is 0.196 e. The van der Waals surface area contributed by atoms with Crippen LogP contribution in [0.2, 0.25) is 0 Å². The van der Waals surface area contributed by atoms with Crippen LogP contribution in [0.25, 0.3) is 0 Å². The summed E-state index contributed by atoms with van der Waals surface area (Å²) in [6, 6.07) is 3.44. The lowest BCUT2D eigenvalue weighted by molar-refractivity contribution is 0.103. The second-order valence-corrected chi connectivity index (χ2v) is 4.89. The van der Waals surface area contributed by atoms with Crippen molar-refractivity contribution in [1.82, 2.24) is 15.2 Å². The van der Waals surface area contributed by atoms with Crippen molar-refractivity contribution in [1.29, 1.82) is 0 Å². The van der Waals surface area contributed by atoms with Gasteiger partial charge in [-0.2, -0.15) is 10.2 Å². The molecule has 0 N–H and O–H groups in total. The third-order valence-corrected chi connectivity index (χ3v) is 2.69. The molecule has 0 aliphatic rings. The molecule has 104 valence electrons. The lowest BCUT2D eigenvalue weighted by atomic mass is 10.0. The van der Waals surface area contributed by atoms with Gasteiger partial charge in [0.1, 0.15) is 5.75 Å². The molecule has 2 rings (SSSR count). The summed E-state index contributed by atoms with van der Waals surface area (Å²) in [7, 11) is 0. The summed E-state index contributed by atoms with van der Waals surface area (Å²) in [6.07, 6.45) is 3.17. The van der Waals surface area contributed by atoms with Gasteiger partial charge < -0.3 is 4.74 Å². The molecule has 0 aliphatic heterocycles.